The van der Waals surface area contributed by atoms with Gasteiger partial charge in [0.1, 0.15) is 11.5 Å². The molecule has 0 fully saturated rings. The van der Waals surface area contributed by atoms with Gasteiger partial charge in [-0.2, -0.15) is 0 Å². The molecule has 0 saturated heterocycles. The van der Waals surface area contributed by atoms with E-state index in [2.05, 4.69) is 0 Å². The standard InChI is InChI=1S/C17H21O4P/c1-10-6-12(3)16(18)14(8-10)15-9-11(2)7-13(4)17(15)21-22(19)20-5/h6-9,18-19H,1-5H3. The topological polar surface area (TPSA) is 58.9 Å². The van der Waals surface area contributed by atoms with Crippen molar-refractivity contribution in [3.05, 3.63) is 46.5 Å². The number of benzene rings is 2. The maximum atomic E-state index is 10.4. The maximum Gasteiger partial charge on any atom is 0.394 e. The molecule has 5 heteroatoms. The van der Waals surface area contributed by atoms with Crippen molar-refractivity contribution in [2.24, 2.45) is 0 Å². The second-order valence-electron chi connectivity index (χ2n) is 5.45. The fourth-order valence-corrected chi connectivity index (χ4v) is 3.03. The van der Waals surface area contributed by atoms with Crippen molar-refractivity contribution in [3.8, 4) is 22.6 Å². The number of phenols is 1. The molecular formula is C17H21O4P. The largest absolute Gasteiger partial charge is 0.507 e. The number of hydrogen-bond acceptors (Lipinski definition) is 4. The predicted molar refractivity (Wildman–Crippen MR) is 89.3 cm³/mol. The van der Waals surface area contributed by atoms with E-state index in [0.29, 0.717) is 11.3 Å². The third kappa shape index (κ3) is 3.41. The number of aromatic hydroxyl groups is 1. The van der Waals surface area contributed by atoms with E-state index in [1.807, 2.05) is 52.0 Å². The van der Waals surface area contributed by atoms with Gasteiger partial charge in [-0.05, 0) is 62.1 Å². The molecule has 0 amide bonds. The molecular weight excluding hydrogens is 299 g/mol. The van der Waals surface area contributed by atoms with Gasteiger partial charge in [-0.3, -0.25) is 0 Å². The Bertz CT molecular complexity index is 698. The molecule has 2 N–H and O–H groups in total. The SMILES string of the molecule is COP(O)Oc1c(C)cc(C)cc1-c1cc(C)cc(C)c1O. The minimum absolute atomic E-state index is 0.222. The summed E-state index contributed by atoms with van der Waals surface area (Å²) in [5.74, 6) is 0.751. The molecule has 1 unspecified atom stereocenters. The molecule has 2 aromatic rings. The first-order chi connectivity index (χ1) is 10.3. The summed E-state index contributed by atoms with van der Waals surface area (Å²) in [6, 6.07) is 7.75. The van der Waals surface area contributed by atoms with Crippen LogP contribution in [0, 0.1) is 27.7 Å². The molecule has 2 aromatic carbocycles. The van der Waals surface area contributed by atoms with Gasteiger partial charge < -0.3 is 19.0 Å². The maximum absolute atomic E-state index is 10.4. The van der Waals surface area contributed by atoms with Gasteiger partial charge in [0.15, 0.2) is 0 Å². The Morgan fingerprint density at radius 2 is 1.41 bits per heavy atom. The van der Waals surface area contributed by atoms with Crippen molar-refractivity contribution in [3.63, 3.8) is 0 Å². The van der Waals surface area contributed by atoms with Gasteiger partial charge in [0.05, 0.1) is 0 Å². The van der Waals surface area contributed by atoms with Gasteiger partial charge >= 0.3 is 8.60 Å². The molecule has 22 heavy (non-hydrogen) atoms. The molecule has 0 spiro atoms. The molecule has 0 aliphatic carbocycles. The second-order valence-corrected chi connectivity index (χ2v) is 6.47. The van der Waals surface area contributed by atoms with Crippen LogP contribution < -0.4 is 4.52 Å². The van der Waals surface area contributed by atoms with Crippen LogP contribution in [0.1, 0.15) is 22.3 Å². The molecule has 0 bridgehead atoms. The van der Waals surface area contributed by atoms with Crippen LogP contribution in [0.4, 0.5) is 0 Å². The Balaban J connectivity index is 2.69. The highest BCUT2D eigenvalue weighted by Gasteiger charge is 2.18. The first kappa shape index (κ1) is 16.8. The minimum Gasteiger partial charge on any atom is -0.507 e. The van der Waals surface area contributed by atoms with Crippen LogP contribution in [0.3, 0.4) is 0 Å². The quantitative estimate of drug-likeness (QED) is 0.812. The third-order valence-corrected chi connectivity index (χ3v) is 4.13. The summed E-state index contributed by atoms with van der Waals surface area (Å²) in [5.41, 5.74) is 5.23. The van der Waals surface area contributed by atoms with E-state index in [9.17, 15) is 10.00 Å². The molecule has 2 rings (SSSR count). The van der Waals surface area contributed by atoms with Gasteiger partial charge in [-0.15, -0.1) is 0 Å². The van der Waals surface area contributed by atoms with E-state index in [0.717, 1.165) is 27.8 Å². The molecule has 0 aliphatic heterocycles. The van der Waals surface area contributed by atoms with Gasteiger partial charge in [0, 0.05) is 18.2 Å². The highest BCUT2D eigenvalue weighted by molar-refractivity contribution is 7.41. The summed E-state index contributed by atoms with van der Waals surface area (Å²) in [5, 5.41) is 10.4. The van der Waals surface area contributed by atoms with Gasteiger partial charge in [0.2, 0.25) is 0 Å². The summed E-state index contributed by atoms with van der Waals surface area (Å²) in [7, 11) is -0.602. The third-order valence-electron chi connectivity index (χ3n) is 3.48. The summed E-state index contributed by atoms with van der Waals surface area (Å²) in [6.45, 7) is 7.73. The van der Waals surface area contributed by atoms with Crippen molar-refractivity contribution in [1.29, 1.82) is 0 Å². The minimum atomic E-state index is -1.99. The zero-order chi connectivity index (χ0) is 16.4. The van der Waals surface area contributed by atoms with Gasteiger partial charge in [0.25, 0.3) is 0 Å². The van der Waals surface area contributed by atoms with Crippen LogP contribution in [0.25, 0.3) is 11.1 Å². The number of hydrogen-bond donors (Lipinski definition) is 2. The van der Waals surface area contributed by atoms with Crippen LogP contribution in [0.15, 0.2) is 24.3 Å². The lowest BCUT2D eigenvalue weighted by atomic mass is 9.95. The van der Waals surface area contributed by atoms with Crippen LogP contribution in [-0.4, -0.2) is 17.1 Å². The highest BCUT2D eigenvalue weighted by Crippen LogP contribution is 2.45. The second kappa shape index (κ2) is 6.66. The first-order valence-electron chi connectivity index (χ1n) is 6.96. The zero-order valence-electron chi connectivity index (χ0n) is 13.5. The number of phenolic OH excluding ortho intramolecular Hbond substituents is 1. The van der Waals surface area contributed by atoms with Crippen LogP contribution in [0.5, 0.6) is 11.5 Å². The highest BCUT2D eigenvalue weighted by atomic mass is 31.2. The fraction of sp³-hybridized carbons (Fsp3) is 0.294. The molecule has 1 atom stereocenters. The Morgan fingerprint density at radius 3 is 2.00 bits per heavy atom. The van der Waals surface area contributed by atoms with E-state index < -0.39 is 8.60 Å². The van der Waals surface area contributed by atoms with Crippen molar-refractivity contribution in [1.82, 2.24) is 0 Å². The van der Waals surface area contributed by atoms with Crippen molar-refractivity contribution < 1.29 is 19.0 Å². The summed E-state index contributed by atoms with van der Waals surface area (Å²) in [6.07, 6.45) is 0. The Morgan fingerprint density at radius 1 is 0.864 bits per heavy atom. The lowest BCUT2D eigenvalue weighted by Gasteiger charge is -2.18. The monoisotopic (exact) mass is 320 g/mol. The van der Waals surface area contributed by atoms with Crippen molar-refractivity contribution in [2.75, 3.05) is 7.11 Å². The smallest absolute Gasteiger partial charge is 0.394 e. The number of aryl methyl sites for hydroxylation is 4. The normalized spacial score (nSPS) is 12.3. The lowest BCUT2D eigenvalue weighted by Crippen LogP contribution is -1.96. The lowest BCUT2D eigenvalue weighted by molar-refractivity contribution is 0.316. The summed E-state index contributed by atoms with van der Waals surface area (Å²) >= 11 is 0. The van der Waals surface area contributed by atoms with Crippen LogP contribution >= 0.6 is 8.60 Å². The zero-order valence-corrected chi connectivity index (χ0v) is 14.4. The summed E-state index contributed by atoms with van der Waals surface area (Å²) < 4.78 is 10.4. The molecule has 0 aliphatic rings. The molecule has 118 valence electrons. The molecule has 0 heterocycles. The van der Waals surface area contributed by atoms with E-state index in [1.54, 1.807) is 0 Å². The number of rotatable bonds is 4. The van der Waals surface area contributed by atoms with E-state index in [1.165, 1.54) is 7.11 Å². The summed E-state index contributed by atoms with van der Waals surface area (Å²) in [4.78, 5) is 9.71. The Labute approximate surface area is 132 Å². The van der Waals surface area contributed by atoms with Crippen LogP contribution in [-0.2, 0) is 4.52 Å². The Hall–Kier alpha value is -1.61. The molecule has 0 saturated carbocycles. The van der Waals surface area contributed by atoms with Crippen molar-refractivity contribution >= 4 is 8.60 Å². The molecule has 0 aromatic heterocycles. The van der Waals surface area contributed by atoms with Gasteiger partial charge in [-0.1, -0.05) is 12.1 Å². The first-order valence-corrected chi connectivity index (χ1v) is 8.09. The Kier molecular flexibility index (Phi) is 5.07. The van der Waals surface area contributed by atoms with Gasteiger partial charge in [-0.25, -0.2) is 0 Å². The predicted octanol–water partition coefficient (Wildman–Crippen LogP) is 4.54. The average molecular weight is 320 g/mol. The average Bonchev–Trinajstić information content (AvgIpc) is 2.45. The molecule has 0 radical (unpaired) electrons. The van der Waals surface area contributed by atoms with Crippen molar-refractivity contribution in [2.45, 2.75) is 27.7 Å². The van der Waals surface area contributed by atoms with E-state index in [4.69, 9.17) is 9.05 Å². The fourth-order valence-electron chi connectivity index (χ4n) is 2.56. The van der Waals surface area contributed by atoms with E-state index in [-0.39, 0.29) is 5.75 Å². The van der Waals surface area contributed by atoms with Crippen LogP contribution in [0.2, 0.25) is 0 Å². The van der Waals surface area contributed by atoms with E-state index >= 15 is 0 Å². The molecule has 4 nitrogen and oxygen atoms in total.